The molecule has 0 aromatic heterocycles. The van der Waals surface area contributed by atoms with E-state index in [-0.39, 0.29) is 12.6 Å². The molecule has 2 aromatic carbocycles. The lowest BCUT2D eigenvalue weighted by molar-refractivity contribution is -0.186. The molecule has 112 valence electrons. The second-order valence-electron chi connectivity index (χ2n) is 4.67. The molecule has 0 radical (unpaired) electrons. The largest absolute Gasteiger partial charge is 0.465 e. The van der Waals surface area contributed by atoms with Gasteiger partial charge in [-0.1, -0.05) is 50.2 Å². The molecular weight excluding hydrogens is 264 g/mol. The normalized spacial score (nSPS) is 13.4. The predicted molar refractivity (Wildman–Crippen MR) is 83.4 cm³/mol. The van der Waals surface area contributed by atoms with Crippen LogP contribution in [-0.4, -0.2) is 12.6 Å². The molecule has 2 aromatic rings. The van der Waals surface area contributed by atoms with Crippen molar-refractivity contribution in [2.45, 2.75) is 39.3 Å². The van der Waals surface area contributed by atoms with Crippen molar-refractivity contribution in [3.63, 3.8) is 0 Å². The fourth-order valence-corrected chi connectivity index (χ4v) is 1.89. The standard InChI is InChI=1S/C18H22O3/c1-3-17(19-15-11-7-5-8-12-15)21-18(4-2)20-16-13-9-6-10-14-16/h5-14,17-18H,3-4H2,1-2H3. The highest BCUT2D eigenvalue weighted by Crippen LogP contribution is 2.18. The zero-order chi connectivity index (χ0) is 14.9. The van der Waals surface area contributed by atoms with E-state index in [1.54, 1.807) is 0 Å². The van der Waals surface area contributed by atoms with E-state index in [2.05, 4.69) is 0 Å². The van der Waals surface area contributed by atoms with Gasteiger partial charge in [0.05, 0.1) is 0 Å². The maximum absolute atomic E-state index is 5.91. The van der Waals surface area contributed by atoms with Crippen molar-refractivity contribution in [3.05, 3.63) is 60.7 Å². The van der Waals surface area contributed by atoms with Crippen LogP contribution in [0.5, 0.6) is 11.5 Å². The van der Waals surface area contributed by atoms with Gasteiger partial charge in [-0.05, 0) is 24.3 Å². The average molecular weight is 286 g/mol. The molecule has 0 aliphatic heterocycles. The molecule has 0 amide bonds. The first-order chi connectivity index (χ1) is 10.3. The minimum atomic E-state index is -0.318. The van der Waals surface area contributed by atoms with E-state index in [1.807, 2.05) is 74.5 Å². The zero-order valence-corrected chi connectivity index (χ0v) is 12.6. The summed E-state index contributed by atoms with van der Waals surface area (Å²) in [5, 5.41) is 0. The first-order valence-corrected chi connectivity index (χ1v) is 7.40. The van der Waals surface area contributed by atoms with E-state index in [9.17, 15) is 0 Å². The summed E-state index contributed by atoms with van der Waals surface area (Å²) in [7, 11) is 0. The lowest BCUT2D eigenvalue weighted by atomic mass is 10.3. The van der Waals surface area contributed by atoms with Gasteiger partial charge < -0.3 is 14.2 Å². The van der Waals surface area contributed by atoms with Gasteiger partial charge in [0.25, 0.3) is 0 Å². The van der Waals surface area contributed by atoms with Gasteiger partial charge in [-0.2, -0.15) is 0 Å². The number of ether oxygens (including phenoxy) is 3. The Labute approximate surface area is 126 Å². The van der Waals surface area contributed by atoms with Crippen LogP contribution in [0.2, 0.25) is 0 Å². The fraction of sp³-hybridized carbons (Fsp3) is 0.333. The van der Waals surface area contributed by atoms with Crippen LogP contribution in [0, 0.1) is 0 Å². The maximum Gasteiger partial charge on any atom is 0.203 e. The second kappa shape index (κ2) is 8.32. The van der Waals surface area contributed by atoms with E-state index in [0.29, 0.717) is 0 Å². The van der Waals surface area contributed by atoms with Gasteiger partial charge >= 0.3 is 0 Å². The van der Waals surface area contributed by atoms with Crippen molar-refractivity contribution >= 4 is 0 Å². The fourth-order valence-electron chi connectivity index (χ4n) is 1.89. The Morgan fingerprint density at radius 2 is 1.05 bits per heavy atom. The Bertz CT molecular complexity index is 451. The number of hydrogen-bond acceptors (Lipinski definition) is 3. The quantitative estimate of drug-likeness (QED) is 0.662. The number of rotatable bonds is 8. The number of hydrogen-bond donors (Lipinski definition) is 0. The lowest BCUT2D eigenvalue weighted by Crippen LogP contribution is -2.30. The highest BCUT2D eigenvalue weighted by Gasteiger charge is 2.16. The van der Waals surface area contributed by atoms with E-state index >= 15 is 0 Å². The summed E-state index contributed by atoms with van der Waals surface area (Å²) in [4.78, 5) is 0. The molecule has 0 aliphatic carbocycles. The monoisotopic (exact) mass is 286 g/mol. The minimum absolute atomic E-state index is 0.318. The summed E-state index contributed by atoms with van der Waals surface area (Å²) in [6, 6.07) is 19.4. The Balaban J connectivity index is 1.92. The van der Waals surface area contributed by atoms with E-state index < -0.39 is 0 Å². The van der Waals surface area contributed by atoms with Gasteiger partial charge in [0.1, 0.15) is 11.5 Å². The first kappa shape index (κ1) is 15.4. The topological polar surface area (TPSA) is 27.7 Å². The number of benzene rings is 2. The third-order valence-electron chi connectivity index (χ3n) is 2.99. The lowest BCUT2D eigenvalue weighted by Gasteiger charge is -2.24. The van der Waals surface area contributed by atoms with Crippen molar-refractivity contribution < 1.29 is 14.2 Å². The predicted octanol–water partition coefficient (Wildman–Crippen LogP) is 4.63. The Morgan fingerprint density at radius 3 is 1.38 bits per heavy atom. The molecule has 0 bridgehead atoms. The summed E-state index contributed by atoms with van der Waals surface area (Å²) in [5.74, 6) is 1.61. The second-order valence-corrected chi connectivity index (χ2v) is 4.67. The Morgan fingerprint density at radius 1 is 0.667 bits per heavy atom. The van der Waals surface area contributed by atoms with Crippen LogP contribution in [0.25, 0.3) is 0 Å². The highest BCUT2D eigenvalue weighted by atomic mass is 16.8. The minimum Gasteiger partial charge on any atom is -0.465 e. The molecule has 21 heavy (non-hydrogen) atoms. The molecule has 0 spiro atoms. The van der Waals surface area contributed by atoms with Crippen LogP contribution in [0.1, 0.15) is 26.7 Å². The van der Waals surface area contributed by atoms with Crippen molar-refractivity contribution in [1.82, 2.24) is 0 Å². The SMILES string of the molecule is CCC(Oc1ccccc1)OC(CC)Oc1ccccc1. The van der Waals surface area contributed by atoms with Crippen LogP contribution in [0.4, 0.5) is 0 Å². The van der Waals surface area contributed by atoms with Gasteiger partial charge in [-0.15, -0.1) is 0 Å². The summed E-state index contributed by atoms with van der Waals surface area (Å²) in [6.07, 6.45) is 0.870. The van der Waals surface area contributed by atoms with Crippen molar-refractivity contribution in [3.8, 4) is 11.5 Å². The third-order valence-corrected chi connectivity index (χ3v) is 2.99. The molecule has 3 heteroatoms. The van der Waals surface area contributed by atoms with Gasteiger partial charge in [-0.3, -0.25) is 0 Å². The average Bonchev–Trinajstić information content (AvgIpc) is 2.55. The molecule has 0 heterocycles. The number of para-hydroxylation sites is 2. The van der Waals surface area contributed by atoms with E-state index in [0.717, 1.165) is 24.3 Å². The molecule has 0 aliphatic rings. The van der Waals surface area contributed by atoms with Gasteiger partial charge in [0.15, 0.2) is 0 Å². The van der Waals surface area contributed by atoms with Crippen LogP contribution < -0.4 is 9.47 Å². The molecule has 0 fully saturated rings. The maximum atomic E-state index is 5.91. The highest BCUT2D eigenvalue weighted by molar-refractivity contribution is 5.21. The van der Waals surface area contributed by atoms with Crippen molar-refractivity contribution in [2.24, 2.45) is 0 Å². The summed E-state index contributed by atoms with van der Waals surface area (Å²) in [6.45, 7) is 4.06. The zero-order valence-electron chi connectivity index (χ0n) is 12.6. The van der Waals surface area contributed by atoms with Crippen LogP contribution in [0.3, 0.4) is 0 Å². The molecule has 2 atom stereocenters. The summed E-state index contributed by atoms with van der Waals surface area (Å²) < 4.78 is 17.6. The van der Waals surface area contributed by atoms with E-state index in [1.165, 1.54) is 0 Å². The first-order valence-electron chi connectivity index (χ1n) is 7.40. The van der Waals surface area contributed by atoms with Gasteiger partial charge in [-0.25, -0.2) is 0 Å². The smallest absolute Gasteiger partial charge is 0.203 e. The molecule has 0 saturated heterocycles. The molecule has 0 saturated carbocycles. The summed E-state index contributed by atoms with van der Waals surface area (Å²) >= 11 is 0. The molecule has 0 N–H and O–H groups in total. The molecule has 2 unspecified atom stereocenters. The van der Waals surface area contributed by atoms with Crippen molar-refractivity contribution in [2.75, 3.05) is 0 Å². The third kappa shape index (κ3) is 5.12. The Hall–Kier alpha value is -2.00. The van der Waals surface area contributed by atoms with Crippen LogP contribution in [-0.2, 0) is 4.74 Å². The van der Waals surface area contributed by atoms with Crippen LogP contribution in [0.15, 0.2) is 60.7 Å². The summed E-state index contributed by atoms with van der Waals surface area (Å²) in [5.41, 5.74) is 0. The molecular formula is C18H22O3. The van der Waals surface area contributed by atoms with Crippen molar-refractivity contribution in [1.29, 1.82) is 0 Å². The molecule has 2 rings (SSSR count). The van der Waals surface area contributed by atoms with Gasteiger partial charge in [0.2, 0.25) is 12.6 Å². The molecule has 3 nitrogen and oxygen atoms in total. The van der Waals surface area contributed by atoms with Crippen LogP contribution >= 0.6 is 0 Å². The van der Waals surface area contributed by atoms with Gasteiger partial charge in [0, 0.05) is 12.8 Å². The Kier molecular flexibility index (Phi) is 6.10. The van der Waals surface area contributed by atoms with E-state index in [4.69, 9.17) is 14.2 Å².